The van der Waals surface area contributed by atoms with Crippen molar-refractivity contribution in [2.45, 2.75) is 31.8 Å². The third-order valence-corrected chi connectivity index (χ3v) is 5.18. The van der Waals surface area contributed by atoms with E-state index in [1.165, 1.54) is 11.3 Å². The Morgan fingerprint density at radius 3 is 2.74 bits per heavy atom. The summed E-state index contributed by atoms with van der Waals surface area (Å²) in [6.07, 6.45) is 5.04. The fourth-order valence-corrected chi connectivity index (χ4v) is 3.66. The van der Waals surface area contributed by atoms with E-state index >= 15 is 0 Å². The molecule has 6 nitrogen and oxygen atoms in total. The third kappa shape index (κ3) is 7.01. The van der Waals surface area contributed by atoms with Gasteiger partial charge < -0.3 is 15.4 Å². The van der Waals surface area contributed by atoms with Gasteiger partial charge in [-0.2, -0.15) is 0 Å². The first-order valence-corrected chi connectivity index (χ1v) is 9.59. The van der Waals surface area contributed by atoms with Crippen molar-refractivity contribution < 1.29 is 9.53 Å². The number of piperidine rings is 1. The molecule has 2 aromatic heterocycles. The van der Waals surface area contributed by atoms with Crippen LogP contribution in [0.4, 0.5) is 0 Å². The van der Waals surface area contributed by atoms with Crippen LogP contribution in [0.25, 0.3) is 10.7 Å². The van der Waals surface area contributed by atoms with Crippen molar-refractivity contribution >= 4 is 42.1 Å². The zero-order valence-electron chi connectivity index (χ0n) is 15.1. The number of hydrogen-bond donors (Lipinski definition) is 1. The quantitative estimate of drug-likeness (QED) is 0.679. The number of hydrogen-bond acceptors (Lipinski definition) is 6. The van der Waals surface area contributed by atoms with Crippen LogP contribution in [0, 0.1) is 0 Å². The predicted molar refractivity (Wildman–Crippen MR) is 113 cm³/mol. The molecule has 0 unspecified atom stereocenters. The molecule has 150 valence electrons. The molecule has 0 bridgehead atoms. The first kappa shape index (κ1) is 23.8. The minimum absolute atomic E-state index is 0. The van der Waals surface area contributed by atoms with Crippen molar-refractivity contribution in [1.82, 2.24) is 14.9 Å². The molecule has 0 aliphatic carbocycles. The SMILES string of the molecule is Cl.Cl.NCCCOC1CCN(C(=O)Cc2csc(-c3ccccn3)n2)CC1. The Morgan fingerprint density at radius 2 is 2.07 bits per heavy atom. The fourth-order valence-electron chi connectivity index (χ4n) is 2.87. The van der Waals surface area contributed by atoms with Crippen LogP contribution in [0.15, 0.2) is 29.8 Å². The molecule has 3 rings (SSSR count). The Balaban J connectivity index is 0.00000182. The Hall–Kier alpha value is -1.25. The highest BCUT2D eigenvalue weighted by atomic mass is 35.5. The summed E-state index contributed by atoms with van der Waals surface area (Å²) in [6.45, 7) is 2.88. The highest BCUT2D eigenvalue weighted by molar-refractivity contribution is 7.13. The number of rotatable bonds is 7. The molecular weight excluding hydrogens is 407 g/mol. The standard InChI is InChI=1S/C18H24N4O2S.2ClH/c19-7-3-11-24-15-5-9-22(10-6-15)17(23)12-14-13-25-18(21-14)16-4-1-2-8-20-16;;/h1-2,4,8,13,15H,3,5-7,9-12,19H2;2*1H. The summed E-state index contributed by atoms with van der Waals surface area (Å²) in [5.41, 5.74) is 7.14. The lowest BCUT2D eigenvalue weighted by Gasteiger charge is -2.32. The Kier molecular flexibility index (Phi) is 10.8. The Bertz CT molecular complexity index is 679. The van der Waals surface area contributed by atoms with Gasteiger partial charge in [-0.3, -0.25) is 9.78 Å². The van der Waals surface area contributed by atoms with Crippen molar-refractivity contribution in [1.29, 1.82) is 0 Å². The number of likely N-dealkylation sites (tertiary alicyclic amines) is 1. The summed E-state index contributed by atoms with van der Waals surface area (Å²) in [7, 11) is 0. The molecule has 1 saturated heterocycles. The molecule has 2 aromatic rings. The van der Waals surface area contributed by atoms with Crippen molar-refractivity contribution in [3.8, 4) is 10.7 Å². The maximum atomic E-state index is 12.5. The Labute approximate surface area is 176 Å². The average molecular weight is 433 g/mol. The van der Waals surface area contributed by atoms with Crippen molar-refractivity contribution in [3.63, 3.8) is 0 Å². The second kappa shape index (κ2) is 12.3. The highest BCUT2D eigenvalue weighted by Crippen LogP contribution is 2.22. The predicted octanol–water partition coefficient (Wildman–Crippen LogP) is 2.95. The fraction of sp³-hybridized carbons (Fsp3) is 0.500. The highest BCUT2D eigenvalue weighted by Gasteiger charge is 2.23. The lowest BCUT2D eigenvalue weighted by atomic mass is 10.1. The molecule has 1 fully saturated rings. The van der Waals surface area contributed by atoms with E-state index in [9.17, 15) is 4.79 Å². The number of aromatic nitrogens is 2. The lowest BCUT2D eigenvalue weighted by molar-refractivity contribution is -0.133. The summed E-state index contributed by atoms with van der Waals surface area (Å²) >= 11 is 1.53. The van der Waals surface area contributed by atoms with Gasteiger partial charge in [0.25, 0.3) is 0 Å². The average Bonchev–Trinajstić information content (AvgIpc) is 3.12. The van der Waals surface area contributed by atoms with Gasteiger partial charge in [-0.25, -0.2) is 4.98 Å². The Morgan fingerprint density at radius 1 is 1.30 bits per heavy atom. The monoisotopic (exact) mass is 432 g/mol. The molecule has 3 heterocycles. The molecule has 2 N–H and O–H groups in total. The number of ether oxygens (including phenoxy) is 1. The van der Waals surface area contributed by atoms with Gasteiger partial charge in [-0.1, -0.05) is 6.07 Å². The van der Waals surface area contributed by atoms with E-state index in [0.717, 1.165) is 48.7 Å². The van der Waals surface area contributed by atoms with Crippen LogP contribution in [0.2, 0.25) is 0 Å². The third-order valence-electron chi connectivity index (χ3n) is 4.26. The normalized spacial score (nSPS) is 14.3. The maximum absolute atomic E-state index is 12.5. The number of nitrogens with zero attached hydrogens (tertiary/aromatic N) is 3. The van der Waals surface area contributed by atoms with E-state index in [1.54, 1.807) is 6.20 Å². The molecule has 0 aromatic carbocycles. The van der Waals surface area contributed by atoms with Gasteiger partial charge >= 0.3 is 0 Å². The van der Waals surface area contributed by atoms with Crippen LogP contribution in [0.3, 0.4) is 0 Å². The first-order valence-electron chi connectivity index (χ1n) is 8.71. The summed E-state index contributed by atoms with van der Waals surface area (Å²) < 4.78 is 5.79. The van der Waals surface area contributed by atoms with Gasteiger partial charge in [0.05, 0.1) is 23.9 Å². The van der Waals surface area contributed by atoms with Crippen LogP contribution in [-0.2, 0) is 16.0 Å². The van der Waals surface area contributed by atoms with E-state index < -0.39 is 0 Å². The number of amides is 1. The molecule has 1 amide bonds. The number of carbonyl (C=O) groups is 1. The largest absolute Gasteiger partial charge is 0.378 e. The summed E-state index contributed by atoms with van der Waals surface area (Å²) in [5, 5.41) is 2.81. The molecule has 0 atom stereocenters. The van der Waals surface area contributed by atoms with E-state index in [4.69, 9.17) is 10.5 Å². The lowest BCUT2D eigenvalue weighted by Crippen LogP contribution is -2.41. The van der Waals surface area contributed by atoms with E-state index in [-0.39, 0.29) is 36.8 Å². The molecule has 0 radical (unpaired) electrons. The van der Waals surface area contributed by atoms with Crippen LogP contribution in [0.5, 0.6) is 0 Å². The van der Waals surface area contributed by atoms with Crippen LogP contribution < -0.4 is 5.73 Å². The smallest absolute Gasteiger partial charge is 0.228 e. The zero-order valence-corrected chi connectivity index (χ0v) is 17.5. The van der Waals surface area contributed by atoms with E-state index in [0.29, 0.717) is 19.6 Å². The van der Waals surface area contributed by atoms with E-state index in [1.807, 2.05) is 28.5 Å². The molecule has 9 heteroatoms. The van der Waals surface area contributed by atoms with E-state index in [2.05, 4.69) is 9.97 Å². The minimum Gasteiger partial charge on any atom is -0.378 e. The molecule has 0 spiro atoms. The molecule has 0 saturated carbocycles. The van der Waals surface area contributed by atoms with Crippen molar-refractivity contribution in [3.05, 3.63) is 35.5 Å². The van der Waals surface area contributed by atoms with Gasteiger partial charge in [-0.15, -0.1) is 36.2 Å². The van der Waals surface area contributed by atoms with Crippen LogP contribution in [-0.4, -0.2) is 53.1 Å². The van der Waals surface area contributed by atoms with Gasteiger partial charge in [-0.05, 0) is 37.9 Å². The minimum atomic E-state index is 0. The summed E-state index contributed by atoms with van der Waals surface area (Å²) in [4.78, 5) is 23.3. The number of pyridine rings is 1. The second-order valence-electron chi connectivity index (χ2n) is 6.13. The second-order valence-corrected chi connectivity index (χ2v) is 6.99. The molecule has 1 aliphatic heterocycles. The number of halogens is 2. The zero-order chi connectivity index (χ0) is 17.5. The van der Waals surface area contributed by atoms with Gasteiger partial charge in [0.15, 0.2) is 0 Å². The number of carbonyl (C=O) groups excluding carboxylic acids is 1. The molecule has 1 aliphatic rings. The number of nitrogens with two attached hydrogens (primary N) is 1. The van der Waals surface area contributed by atoms with Crippen molar-refractivity contribution in [2.75, 3.05) is 26.2 Å². The van der Waals surface area contributed by atoms with Crippen LogP contribution >= 0.6 is 36.2 Å². The van der Waals surface area contributed by atoms with Gasteiger partial charge in [0.2, 0.25) is 5.91 Å². The van der Waals surface area contributed by atoms with Gasteiger partial charge in [0.1, 0.15) is 5.01 Å². The molecule has 27 heavy (non-hydrogen) atoms. The summed E-state index contributed by atoms with van der Waals surface area (Å²) in [6, 6.07) is 5.75. The number of thiazole rings is 1. The summed E-state index contributed by atoms with van der Waals surface area (Å²) in [5.74, 6) is 0.137. The maximum Gasteiger partial charge on any atom is 0.228 e. The van der Waals surface area contributed by atoms with Crippen molar-refractivity contribution in [2.24, 2.45) is 5.73 Å². The molecular formula is C18H26Cl2N4O2S. The van der Waals surface area contributed by atoms with Crippen LogP contribution in [0.1, 0.15) is 25.0 Å². The topological polar surface area (TPSA) is 81.3 Å². The van der Waals surface area contributed by atoms with Gasteiger partial charge in [0, 0.05) is 31.3 Å². The first-order chi connectivity index (χ1) is 12.3.